The average Bonchev–Trinajstić information content (AvgIpc) is 2.39. The standard InChI is InChI=1S/C14H15Cl2N3/c1-2-18-13(6-10-4-3-5-17-8-10)14-12(16)7-11(15)9-19-14/h3-5,7-9,13,18H,2,6H2,1H3. The first-order chi connectivity index (χ1) is 9.20. The summed E-state index contributed by atoms with van der Waals surface area (Å²) >= 11 is 12.1. The largest absolute Gasteiger partial charge is 0.309 e. The van der Waals surface area contributed by atoms with Gasteiger partial charge in [0, 0.05) is 18.6 Å². The summed E-state index contributed by atoms with van der Waals surface area (Å²) in [5, 5.41) is 4.52. The summed E-state index contributed by atoms with van der Waals surface area (Å²) in [5.41, 5.74) is 1.96. The number of hydrogen-bond donors (Lipinski definition) is 1. The van der Waals surface area contributed by atoms with Gasteiger partial charge in [0.05, 0.1) is 21.8 Å². The van der Waals surface area contributed by atoms with Crippen molar-refractivity contribution in [3.8, 4) is 0 Å². The summed E-state index contributed by atoms with van der Waals surface area (Å²) in [6.07, 6.45) is 6.03. The van der Waals surface area contributed by atoms with Gasteiger partial charge in [0.25, 0.3) is 0 Å². The minimum atomic E-state index is 0.0546. The summed E-state index contributed by atoms with van der Waals surface area (Å²) in [7, 11) is 0. The lowest BCUT2D eigenvalue weighted by atomic mass is 10.0. The van der Waals surface area contributed by atoms with Crippen LogP contribution in [0.4, 0.5) is 0 Å². The quantitative estimate of drug-likeness (QED) is 0.914. The van der Waals surface area contributed by atoms with Gasteiger partial charge in [-0.2, -0.15) is 0 Å². The molecule has 19 heavy (non-hydrogen) atoms. The van der Waals surface area contributed by atoms with Crippen molar-refractivity contribution < 1.29 is 0 Å². The van der Waals surface area contributed by atoms with E-state index < -0.39 is 0 Å². The molecule has 100 valence electrons. The monoisotopic (exact) mass is 295 g/mol. The maximum absolute atomic E-state index is 6.22. The molecule has 1 atom stereocenters. The van der Waals surface area contributed by atoms with Gasteiger partial charge in [-0.25, -0.2) is 0 Å². The van der Waals surface area contributed by atoms with Gasteiger partial charge >= 0.3 is 0 Å². The Kier molecular flexibility index (Phi) is 5.14. The number of hydrogen-bond acceptors (Lipinski definition) is 3. The van der Waals surface area contributed by atoms with Crippen molar-refractivity contribution in [2.24, 2.45) is 0 Å². The van der Waals surface area contributed by atoms with Crippen molar-refractivity contribution >= 4 is 23.2 Å². The van der Waals surface area contributed by atoms with Crippen LogP contribution in [0.1, 0.15) is 24.2 Å². The summed E-state index contributed by atoms with van der Waals surface area (Å²) in [4.78, 5) is 8.47. The third-order valence-corrected chi connectivity index (χ3v) is 3.29. The molecule has 1 N–H and O–H groups in total. The lowest BCUT2D eigenvalue weighted by Gasteiger charge is -2.18. The average molecular weight is 296 g/mol. The van der Waals surface area contributed by atoms with Gasteiger partial charge in [-0.15, -0.1) is 0 Å². The molecule has 0 bridgehead atoms. The second-order valence-corrected chi connectivity index (χ2v) is 5.04. The van der Waals surface area contributed by atoms with E-state index in [4.69, 9.17) is 23.2 Å². The van der Waals surface area contributed by atoms with E-state index in [1.165, 1.54) is 0 Å². The number of rotatable bonds is 5. The molecule has 2 rings (SSSR count). The molecule has 3 nitrogen and oxygen atoms in total. The normalized spacial score (nSPS) is 12.4. The zero-order valence-corrected chi connectivity index (χ0v) is 12.1. The second-order valence-electron chi connectivity index (χ2n) is 4.20. The van der Waals surface area contributed by atoms with Gasteiger partial charge in [0.1, 0.15) is 0 Å². The summed E-state index contributed by atoms with van der Waals surface area (Å²) in [6.45, 7) is 2.89. The third kappa shape index (κ3) is 3.90. The molecule has 2 aromatic heterocycles. The Bertz CT molecular complexity index is 531. The Labute approximate surface area is 123 Å². The van der Waals surface area contributed by atoms with Crippen molar-refractivity contribution in [3.05, 3.63) is 58.1 Å². The molecule has 0 radical (unpaired) electrons. The first kappa shape index (κ1) is 14.3. The molecule has 2 aromatic rings. The minimum absolute atomic E-state index is 0.0546. The summed E-state index contributed by atoms with van der Waals surface area (Å²) in [6, 6.07) is 5.74. The third-order valence-electron chi connectivity index (χ3n) is 2.78. The molecule has 0 aliphatic carbocycles. The van der Waals surface area contributed by atoms with E-state index in [0.717, 1.165) is 24.2 Å². The Morgan fingerprint density at radius 2 is 2.16 bits per heavy atom. The van der Waals surface area contributed by atoms with Crippen molar-refractivity contribution in [3.63, 3.8) is 0 Å². The molecular weight excluding hydrogens is 281 g/mol. The second kappa shape index (κ2) is 6.85. The smallest absolute Gasteiger partial charge is 0.0763 e. The van der Waals surface area contributed by atoms with Crippen molar-refractivity contribution in [2.45, 2.75) is 19.4 Å². The van der Waals surface area contributed by atoms with Gasteiger partial charge in [-0.3, -0.25) is 9.97 Å². The first-order valence-corrected chi connectivity index (χ1v) is 6.89. The van der Waals surface area contributed by atoms with Gasteiger partial charge in [-0.1, -0.05) is 36.2 Å². The minimum Gasteiger partial charge on any atom is -0.309 e. The predicted molar refractivity (Wildman–Crippen MR) is 78.6 cm³/mol. The molecule has 0 saturated heterocycles. The van der Waals surface area contributed by atoms with Crippen LogP contribution in [0.3, 0.4) is 0 Å². The van der Waals surface area contributed by atoms with Crippen LogP contribution in [0.15, 0.2) is 36.8 Å². The molecule has 1 unspecified atom stereocenters. The van der Waals surface area contributed by atoms with Crippen molar-refractivity contribution in [1.82, 2.24) is 15.3 Å². The van der Waals surface area contributed by atoms with Gasteiger partial charge in [-0.05, 0) is 30.7 Å². The van der Waals surface area contributed by atoms with Crippen LogP contribution in [0.2, 0.25) is 10.0 Å². The Morgan fingerprint density at radius 1 is 1.32 bits per heavy atom. The Balaban J connectivity index is 2.24. The highest BCUT2D eigenvalue weighted by atomic mass is 35.5. The SMILES string of the molecule is CCNC(Cc1cccnc1)c1ncc(Cl)cc1Cl. The van der Waals surface area contributed by atoms with Crippen molar-refractivity contribution in [1.29, 1.82) is 0 Å². The van der Waals surface area contributed by atoms with Crippen LogP contribution in [0.25, 0.3) is 0 Å². The highest BCUT2D eigenvalue weighted by Crippen LogP contribution is 2.26. The highest BCUT2D eigenvalue weighted by Gasteiger charge is 2.16. The Hall–Kier alpha value is -1.16. The van der Waals surface area contributed by atoms with E-state index in [1.807, 2.05) is 18.3 Å². The number of halogens is 2. The highest BCUT2D eigenvalue weighted by molar-refractivity contribution is 6.34. The van der Waals surface area contributed by atoms with E-state index in [1.54, 1.807) is 18.5 Å². The lowest BCUT2D eigenvalue weighted by molar-refractivity contribution is 0.536. The molecule has 0 spiro atoms. The Morgan fingerprint density at radius 3 is 2.79 bits per heavy atom. The van der Waals surface area contributed by atoms with E-state index in [9.17, 15) is 0 Å². The maximum Gasteiger partial charge on any atom is 0.0763 e. The molecule has 0 aromatic carbocycles. The topological polar surface area (TPSA) is 37.8 Å². The summed E-state index contributed by atoms with van der Waals surface area (Å²) in [5.74, 6) is 0. The van der Waals surface area contributed by atoms with Gasteiger partial charge in [0.2, 0.25) is 0 Å². The molecule has 0 fully saturated rings. The van der Waals surface area contributed by atoms with Crippen LogP contribution in [-0.4, -0.2) is 16.5 Å². The van der Waals surface area contributed by atoms with Crippen LogP contribution in [0.5, 0.6) is 0 Å². The number of pyridine rings is 2. The van der Waals surface area contributed by atoms with E-state index >= 15 is 0 Å². The van der Waals surface area contributed by atoms with E-state index in [-0.39, 0.29) is 6.04 Å². The van der Waals surface area contributed by atoms with Gasteiger partial charge < -0.3 is 5.32 Å². The van der Waals surface area contributed by atoms with Gasteiger partial charge in [0.15, 0.2) is 0 Å². The number of aromatic nitrogens is 2. The molecule has 0 amide bonds. The molecule has 2 heterocycles. The summed E-state index contributed by atoms with van der Waals surface area (Å²) < 4.78 is 0. The van der Waals surface area contributed by atoms with E-state index in [2.05, 4.69) is 22.2 Å². The fourth-order valence-corrected chi connectivity index (χ4v) is 2.46. The zero-order chi connectivity index (χ0) is 13.7. The van der Waals surface area contributed by atoms with Crippen LogP contribution in [-0.2, 0) is 6.42 Å². The number of nitrogens with one attached hydrogen (secondary N) is 1. The fraction of sp³-hybridized carbons (Fsp3) is 0.286. The first-order valence-electron chi connectivity index (χ1n) is 6.14. The van der Waals surface area contributed by atoms with E-state index in [0.29, 0.717) is 10.0 Å². The molecule has 0 aliphatic heterocycles. The van der Waals surface area contributed by atoms with Crippen LogP contribution >= 0.6 is 23.2 Å². The fourth-order valence-electron chi connectivity index (χ4n) is 1.95. The predicted octanol–water partition coefficient (Wildman–Crippen LogP) is 3.68. The molecule has 0 saturated carbocycles. The number of likely N-dealkylation sites (N-methyl/N-ethyl adjacent to an activating group) is 1. The molecular formula is C14H15Cl2N3. The van der Waals surface area contributed by atoms with Crippen LogP contribution in [0, 0.1) is 0 Å². The number of nitrogens with zero attached hydrogens (tertiary/aromatic N) is 2. The lowest BCUT2D eigenvalue weighted by Crippen LogP contribution is -2.24. The molecule has 5 heteroatoms. The van der Waals surface area contributed by atoms with Crippen LogP contribution < -0.4 is 5.32 Å². The molecule has 0 aliphatic rings. The maximum atomic E-state index is 6.22. The zero-order valence-electron chi connectivity index (χ0n) is 10.6. The van der Waals surface area contributed by atoms with Crippen molar-refractivity contribution in [2.75, 3.05) is 6.54 Å².